The average molecular weight is 334 g/mol. The summed E-state index contributed by atoms with van der Waals surface area (Å²) in [7, 11) is 1.65. The molecule has 0 atom stereocenters. The van der Waals surface area contributed by atoms with E-state index in [0.29, 0.717) is 11.2 Å². The fraction of sp³-hybridized carbons (Fsp3) is 0.125. The monoisotopic (exact) mass is 333 g/mol. The van der Waals surface area contributed by atoms with E-state index in [9.17, 15) is 14.0 Å². The van der Waals surface area contributed by atoms with Crippen LogP contribution < -0.4 is 11.0 Å². The molecular weight excluding hydrogens is 321 g/mol. The Morgan fingerprint density at radius 1 is 1.22 bits per heavy atom. The second-order valence-corrected chi connectivity index (χ2v) is 5.50. The molecule has 2 aromatic carbocycles. The summed E-state index contributed by atoms with van der Waals surface area (Å²) < 4.78 is 15.9. The molecule has 0 aliphatic carbocycles. The summed E-state index contributed by atoms with van der Waals surface area (Å²) in [6.07, 6.45) is 0. The van der Waals surface area contributed by atoms with Crippen LogP contribution in [0.25, 0.3) is 11.0 Å². The number of fused-ring (bicyclic) bond motifs is 1. The summed E-state index contributed by atoms with van der Waals surface area (Å²) in [6.45, 7) is -0.159. The predicted octanol–water partition coefficient (Wildman–Crippen LogP) is 2.77. The number of halogens is 2. The predicted molar refractivity (Wildman–Crippen MR) is 87.2 cm³/mol. The van der Waals surface area contributed by atoms with E-state index in [0.717, 1.165) is 11.6 Å². The largest absolute Gasteiger partial charge is 0.329 e. The number of anilines is 1. The van der Waals surface area contributed by atoms with Crippen molar-refractivity contribution in [2.45, 2.75) is 6.54 Å². The fourth-order valence-corrected chi connectivity index (χ4v) is 2.65. The number of rotatable bonds is 3. The van der Waals surface area contributed by atoms with Crippen LogP contribution in [-0.4, -0.2) is 15.0 Å². The first-order valence-electron chi connectivity index (χ1n) is 6.86. The maximum atomic E-state index is 13.0. The molecule has 0 unspecified atom stereocenters. The normalized spacial score (nSPS) is 10.9. The van der Waals surface area contributed by atoms with Crippen LogP contribution in [0.3, 0.4) is 0 Å². The molecule has 0 spiro atoms. The summed E-state index contributed by atoms with van der Waals surface area (Å²) in [4.78, 5) is 24.4. The van der Waals surface area contributed by atoms with Crippen molar-refractivity contribution in [3.63, 3.8) is 0 Å². The van der Waals surface area contributed by atoms with Gasteiger partial charge in [0.2, 0.25) is 5.91 Å². The maximum Gasteiger partial charge on any atom is 0.329 e. The molecule has 0 aliphatic rings. The molecule has 1 amide bonds. The molecule has 23 heavy (non-hydrogen) atoms. The summed E-state index contributed by atoms with van der Waals surface area (Å²) in [5, 5.41) is 2.68. The third-order valence-electron chi connectivity index (χ3n) is 3.56. The maximum absolute atomic E-state index is 13.0. The SMILES string of the molecule is Cn1c(=O)n(CC(=O)Nc2ccc(F)cc2Cl)c2ccccc21. The lowest BCUT2D eigenvalue weighted by Gasteiger charge is -2.08. The van der Waals surface area contributed by atoms with Crippen molar-refractivity contribution in [1.29, 1.82) is 0 Å². The number of carbonyl (C=O) groups excluding carboxylic acids is 1. The molecular formula is C16H13ClFN3O2. The third kappa shape index (κ3) is 2.85. The number of nitrogens with zero attached hydrogens (tertiary/aromatic N) is 2. The second kappa shape index (κ2) is 5.89. The van der Waals surface area contributed by atoms with Gasteiger partial charge in [-0.05, 0) is 30.3 Å². The van der Waals surface area contributed by atoms with Crippen LogP contribution in [0.1, 0.15) is 0 Å². The van der Waals surface area contributed by atoms with Gasteiger partial charge in [0.25, 0.3) is 0 Å². The minimum Gasteiger partial charge on any atom is -0.323 e. The third-order valence-corrected chi connectivity index (χ3v) is 3.87. The molecule has 0 aliphatic heterocycles. The van der Waals surface area contributed by atoms with Gasteiger partial charge >= 0.3 is 5.69 Å². The highest BCUT2D eigenvalue weighted by Gasteiger charge is 2.14. The van der Waals surface area contributed by atoms with E-state index in [-0.39, 0.29) is 17.3 Å². The molecule has 0 saturated carbocycles. The Balaban J connectivity index is 1.89. The Bertz CT molecular complexity index is 962. The van der Waals surface area contributed by atoms with E-state index in [1.165, 1.54) is 21.3 Å². The summed E-state index contributed by atoms with van der Waals surface area (Å²) in [5.74, 6) is -0.907. The molecule has 1 heterocycles. The number of nitrogens with one attached hydrogen (secondary N) is 1. The van der Waals surface area contributed by atoms with Gasteiger partial charge in [0, 0.05) is 7.05 Å². The van der Waals surface area contributed by atoms with E-state index in [4.69, 9.17) is 11.6 Å². The molecule has 0 saturated heterocycles. The van der Waals surface area contributed by atoms with Gasteiger partial charge in [-0.15, -0.1) is 0 Å². The molecule has 3 aromatic rings. The standard InChI is InChI=1S/C16H13ClFN3O2/c1-20-13-4-2-3-5-14(13)21(16(20)23)9-15(22)19-12-7-6-10(18)8-11(12)17/h2-8H,9H2,1H3,(H,19,22). The van der Waals surface area contributed by atoms with Crippen LogP contribution in [0, 0.1) is 5.82 Å². The number of carbonyl (C=O) groups is 1. The van der Waals surface area contributed by atoms with Crippen molar-refractivity contribution in [1.82, 2.24) is 9.13 Å². The van der Waals surface area contributed by atoms with Crippen molar-refractivity contribution >= 4 is 34.2 Å². The minimum absolute atomic E-state index is 0.101. The average Bonchev–Trinajstić information content (AvgIpc) is 2.76. The number of aromatic nitrogens is 2. The number of amides is 1. The highest BCUT2D eigenvalue weighted by atomic mass is 35.5. The zero-order chi connectivity index (χ0) is 16.6. The topological polar surface area (TPSA) is 56.0 Å². The van der Waals surface area contributed by atoms with Crippen LogP contribution in [0.2, 0.25) is 5.02 Å². The highest BCUT2D eigenvalue weighted by Crippen LogP contribution is 2.22. The summed E-state index contributed by atoms with van der Waals surface area (Å²) in [6, 6.07) is 10.9. The zero-order valence-corrected chi connectivity index (χ0v) is 13.0. The van der Waals surface area contributed by atoms with Gasteiger partial charge in [0.15, 0.2) is 0 Å². The van der Waals surface area contributed by atoms with E-state index in [2.05, 4.69) is 5.32 Å². The number of hydrogen-bond acceptors (Lipinski definition) is 2. The van der Waals surface area contributed by atoms with E-state index < -0.39 is 11.7 Å². The van der Waals surface area contributed by atoms with Gasteiger partial charge in [-0.1, -0.05) is 23.7 Å². The van der Waals surface area contributed by atoms with Gasteiger partial charge in [-0.2, -0.15) is 0 Å². The fourth-order valence-electron chi connectivity index (χ4n) is 2.44. The molecule has 3 rings (SSSR count). The first-order chi connectivity index (χ1) is 11.0. The lowest BCUT2D eigenvalue weighted by Crippen LogP contribution is -2.28. The second-order valence-electron chi connectivity index (χ2n) is 5.09. The Morgan fingerprint density at radius 3 is 2.61 bits per heavy atom. The smallest absolute Gasteiger partial charge is 0.323 e. The van der Waals surface area contributed by atoms with Gasteiger partial charge < -0.3 is 5.32 Å². The van der Waals surface area contributed by atoms with E-state index >= 15 is 0 Å². The number of imidazole rings is 1. The highest BCUT2D eigenvalue weighted by molar-refractivity contribution is 6.33. The van der Waals surface area contributed by atoms with E-state index in [1.54, 1.807) is 19.2 Å². The molecule has 7 heteroatoms. The lowest BCUT2D eigenvalue weighted by atomic mass is 10.3. The van der Waals surface area contributed by atoms with Gasteiger partial charge in [-0.25, -0.2) is 9.18 Å². The van der Waals surface area contributed by atoms with E-state index in [1.807, 2.05) is 12.1 Å². The van der Waals surface area contributed by atoms with Crippen molar-refractivity contribution in [2.75, 3.05) is 5.32 Å². The van der Waals surface area contributed by atoms with Gasteiger partial charge in [0.1, 0.15) is 12.4 Å². The minimum atomic E-state index is -0.488. The van der Waals surface area contributed by atoms with Crippen LogP contribution in [0.15, 0.2) is 47.3 Å². The van der Waals surface area contributed by atoms with Crippen molar-refractivity contribution in [2.24, 2.45) is 7.05 Å². The van der Waals surface area contributed by atoms with Crippen LogP contribution in [0.4, 0.5) is 10.1 Å². The quantitative estimate of drug-likeness (QED) is 0.801. The molecule has 0 radical (unpaired) electrons. The first kappa shape index (κ1) is 15.3. The Morgan fingerprint density at radius 2 is 1.91 bits per heavy atom. The Hall–Kier alpha value is -2.60. The zero-order valence-electron chi connectivity index (χ0n) is 12.2. The van der Waals surface area contributed by atoms with Crippen LogP contribution >= 0.6 is 11.6 Å². The number of para-hydroxylation sites is 2. The summed E-state index contributed by atoms with van der Waals surface area (Å²) in [5.41, 5.74) is 1.42. The van der Waals surface area contributed by atoms with Crippen molar-refractivity contribution < 1.29 is 9.18 Å². The Kier molecular flexibility index (Phi) is 3.92. The van der Waals surface area contributed by atoms with Gasteiger partial charge in [-0.3, -0.25) is 13.9 Å². The van der Waals surface area contributed by atoms with Crippen LogP contribution in [0.5, 0.6) is 0 Å². The number of hydrogen-bond donors (Lipinski definition) is 1. The lowest BCUT2D eigenvalue weighted by molar-refractivity contribution is -0.116. The first-order valence-corrected chi connectivity index (χ1v) is 7.24. The molecule has 0 bridgehead atoms. The number of aryl methyl sites for hydroxylation is 1. The number of benzene rings is 2. The Labute approximate surface area is 135 Å². The molecule has 118 valence electrons. The molecule has 1 aromatic heterocycles. The van der Waals surface area contributed by atoms with Crippen molar-refractivity contribution in [3.8, 4) is 0 Å². The molecule has 1 N–H and O–H groups in total. The molecule has 5 nitrogen and oxygen atoms in total. The molecule has 0 fully saturated rings. The van der Waals surface area contributed by atoms with Gasteiger partial charge in [0.05, 0.1) is 21.7 Å². The van der Waals surface area contributed by atoms with Crippen molar-refractivity contribution in [3.05, 3.63) is 63.8 Å². The van der Waals surface area contributed by atoms with Crippen LogP contribution in [-0.2, 0) is 18.4 Å². The summed E-state index contributed by atoms with van der Waals surface area (Å²) >= 11 is 5.88.